The standard InChI is InChI=1S/C17H19F2NO2S/c18-13-7-8-16(15(19)11-13)22-10-4-3-9-20-17(21)12-23-14-5-1-2-6-14/h7-8,11,14H,1-2,5-6,9-10,12H2,(H,20,21). The van der Waals surface area contributed by atoms with E-state index in [0.717, 1.165) is 12.1 Å². The second kappa shape index (κ2) is 9.41. The molecule has 1 saturated carbocycles. The Kier molecular flexibility index (Phi) is 7.21. The summed E-state index contributed by atoms with van der Waals surface area (Å²) < 4.78 is 31.1. The Morgan fingerprint density at radius 2 is 2.09 bits per heavy atom. The SMILES string of the molecule is O=C(CSC1CCCC1)NCC#CCOc1ccc(F)cc1F. The predicted molar refractivity (Wildman–Crippen MR) is 87.4 cm³/mol. The summed E-state index contributed by atoms with van der Waals surface area (Å²) in [6.45, 7) is 0.217. The fourth-order valence-corrected chi connectivity index (χ4v) is 3.42. The van der Waals surface area contributed by atoms with Crippen LogP contribution in [0.15, 0.2) is 18.2 Å². The molecule has 1 aliphatic rings. The predicted octanol–water partition coefficient (Wildman–Crippen LogP) is 3.14. The number of thioether (sulfide) groups is 1. The number of amides is 1. The molecule has 1 aliphatic carbocycles. The van der Waals surface area contributed by atoms with Crippen molar-refractivity contribution in [3.63, 3.8) is 0 Å². The lowest BCUT2D eigenvalue weighted by molar-refractivity contribution is -0.118. The highest BCUT2D eigenvalue weighted by Crippen LogP contribution is 2.28. The van der Waals surface area contributed by atoms with Gasteiger partial charge in [-0.15, -0.1) is 11.8 Å². The van der Waals surface area contributed by atoms with Gasteiger partial charge >= 0.3 is 0 Å². The van der Waals surface area contributed by atoms with Crippen LogP contribution >= 0.6 is 11.8 Å². The summed E-state index contributed by atoms with van der Waals surface area (Å²) in [5, 5.41) is 3.33. The second-order valence-corrected chi connectivity index (χ2v) is 6.50. The summed E-state index contributed by atoms with van der Waals surface area (Å²) in [5.41, 5.74) is 0. The van der Waals surface area contributed by atoms with Crippen molar-refractivity contribution in [1.82, 2.24) is 5.32 Å². The van der Waals surface area contributed by atoms with Crippen LogP contribution in [0.2, 0.25) is 0 Å². The van der Waals surface area contributed by atoms with Crippen molar-refractivity contribution in [2.75, 3.05) is 18.9 Å². The topological polar surface area (TPSA) is 38.3 Å². The number of nitrogens with one attached hydrogen (secondary N) is 1. The van der Waals surface area contributed by atoms with E-state index in [4.69, 9.17) is 4.74 Å². The number of hydrogen-bond donors (Lipinski definition) is 1. The molecule has 1 aromatic rings. The van der Waals surface area contributed by atoms with Crippen LogP contribution < -0.4 is 10.1 Å². The summed E-state index contributed by atoms with van der Waals surface area (Å²) in [4.78, 5) is 11.6. The van der Waals surface area contributed by atoms with E-state index in [1.807, 2.05) is 0 Å². The van der Waals surface area contributed by atoms with Crippen molar-refractivity contribution in [2.24, 2.45) is 0 Å². The van der Waals surface area contributed by atoms with Gasteiger partial charge in [-0.25, -0.2) is 8.78 Å². The molecule has 0 heterocycles. The summed E-state index contributed by atoms with van der Waals surface area (Å²) >= 11 is 1.70. The molecule has 6 heteroatoms. The largest absolute Gasteiger partial charge is 0.478 e. The van der Waals surface area contributed by atoms with Crippen LogP contribution in [-0.4, -0.2) is 30.1 Å². The average molecular weight is 339 g/mol. The van der Waals surface area contributed by atoms with Crippen LogP contribution in [0.4, 0.5) is 8.78 Å². The summed E-state index contributed by atoms with van der Waals surface area (Å²) in [7, 11) is 0. The van der Waals surface area contributed by atoms with E-state index >= 15 is 0 Å². The van der Waals surface area contributed by atoms with E-state index in [2.05, 4.69) is 17.2 Å². The van der Waals surface area contributed by atoms with Gasteiger partial charge < -0.3 is 10.1 Å². The van der Waals surface area contributed by atoms with E-state index in [1.54, 1.807) is 11.8 Å². The number of ether oxygens (including phenoxy) is 1. The Morgan fingerprint density at radius 3 is 2.83 bits per heavy atom. The highest BCUT2D eigenvalue weighted by atomic mass is 32.2. The first kappa shape index (κ1) is 17.6. The molecule has 1 fully saturated rings. The smallest absolute Gasteiger partial charge is 0.230 e. The van der Waals surface area contributed by atoms with Crippen LogP contribution in [-0.2, 0) is 4.79 Å². The van der Waals surface area contributed by atoms with Gasteiger partial charge in [0.2, 0.25) is 5.91 Å². The van der Waals surface area contributed by atoms with Gasteiger partial charge in [0.25, 0.3) is 0 Å². The van der Waals surface area contributed by atoms with Gasteiger partial charge in [-0.2, -0.15) is 0 Å². The van der Waals surface area contributed by atoms with Gasteiger partial charge in [0.05, 0.1) is 12.3 Å². The molecule has 1 aromatic carbocycles. The Labute approximate surface area is 139 Å². The second-order valence-electron chi connectivity index (χ2n) is 5.21. The van der Waals surface area contributed by atoms with E-state index in [9.17, 15) is 13.6 Å². The molecule has 0 saturated heterocycles. The van der Waals surface area contributed by atoms with Crippen molar-refractivity contribution in [1.29, 1.82) is 0 Å². The highest BCUT2D eigenvalue weighted by Gasteiger charge is 2.16. The summed E-state index contributed by atoms with van der Waals surface area (Å²) in [5.74, 6) is 4.38. The molecule has 0 aliphatic heterocycles. The third-order valence-corrected chi connectivity index (χ3v) is 4.82. The number of hydrogen-bond acceptors (Lipinski definition) is 3. The molecule has 1 N–H and O–H groups in total. The minimum atomic E-state index is -0.760. The molecule has 0 atom stereocenters. The maximum atomic E-state index is 13.3. The van der Waals surface area contributed by atoms with Gasteiger partial charge in [-0.05, 0) is 25.0 Å². The molecular formula is C17H19F2NO2S. The first-order valence-electron chi connectivity index (χ1n) is 7.57. The lowest BCUT2D eigenvalue weighted by Crippen LogP contribution is -2.26. The maximum absolute atomic E-state index is 13.3. The molecule has 0 aromatic heterocycles. The highest BCUT2D eigenvalue weighted by molar-refractivity contribution is 8.00. The maximum Gasteiger partial charge on any atom is 0.230 e. The van der Waals surface area contributed by atoms with E-state index in [-0.39, 0.29) is 24.8 Å². The average Bonchev–Trinajstić information content (AvgIpc) is 3.04. The Bertz CT molecular complexity index is 592. The third-order valence-electron chi connectivity index (χ3n) is 3.45. The number of halogens is 2. The quantitative estimate of drug-likeness (QED) is 0.809. The van der Waals surface area contributed by atoms with Gasteiger partial charge in [-0.1, -0.05) is 24.7 Å². The van der Waals surface area contributed by atoms with Crippen LogP contribution in [0.25, 0.3) is 0 Å². The van der Waals surface area contributed by atoms with Crippen molar-refractivity contribution in [3.05, 3.63) is 29.8 Å². The first-order valence-corrected chi connectivity index (χ1v) is 8.62. The zero-order valence-electron chi connectivity index (χ0n) is 12.7. The van der Waals surface area contributed by atoms with E-state index in [1.165, 1.54) is 31.7 Å². The third kappa shape index (κ3) is 6.49. The Hall–Kier alpha value is -1.74. The van der Waals surface area contributed by atoms with Gasteiger partial charge in [0, 0.05) is 11.3 Å². The fourth-order valence-electron chi connectivity index (χ4n) is 2.26. The molecule has 3 nitrogen and oxygen atoms in total. The molecule has 0 bridgehead atoms. The minimum Gasteiger partial charge on any atom is -0.478 e. The van der Waals surface area contributed by atoms with Crippen molar-refractivity contribution in [3.8, 4) is 17.6 Å². The van der Waals surface area contributed by atoms with Crippen molar-refractivity contribution < 1.29 is 18.3 Å². The van der Waals surface area contributed by atoms with Gasteiger partial charge in [0.1, 0.15) is 12.4 Å². The Balaban J connectivity index is 1.59. The normalized spacial score (nSPS) is 14.2. The van der Waals surface area contributed by atoms with E-state index in [0.29, 0.717) is 11.0 Å². The van der Waals surface area contributed by atoms with Gasteiger partial charge in [0.15, 0.2) is 11.6 Å². The molecule has 0 spiro atoms. The molecule has 2 rings (SSSR count). The summed E-state index contributed by atoms with van der Waals surface area (Å²) in [6.07, 6.45) is 4.93. The molecular weight excluding hydrogens is 320 g/mol. The fraction of sp³-hybridized carbons (Fsp3) is 0.471. The first-order chi connectivity index (χ1) is 11.1. The number of benzene rings is 1. The van der Waals surface area contributed by atoms with Gasteiger partial charge in [-0.3, -0.25) is 4.79 Å². The molecule has 0 unspecified atom stereocenters. The van der Waals surface area contributed by atoms with Crippen molar-refractivity contribution >= 4 is 17.7 Å². The molecule has 1 amide bonds. The zero-order valence-corrected chi connectivity index (χ0v) is 13.6. The van der Waals surface area contributed by atoms with E-state index < -0.39 is 11.6 Å². The van der Waals surface area contributed by atoms with Crippen molar-refractivity contribution in [2.45, 2.75) is 30.9 Å². The lowest BCUT2D eigenvalue weighted by atomic mass is 10.3. The molecule has 23 heavy (non-hydrogen) atoms. The Morgan fingerprint density at radius 1 is 1.30 bits per heavy atom. The lowest BCUT2D eigenvalue weighted by Gasteiger charge is -2.07. The summed E-state index contributed by atoms with van der Waals surface area (Å²) in [6, 6.07) is 3.09. The number of rotatable bonds is 6. The number of carbonyl (C=O) groups is 1. The van der Waals surface area contributed by atoms with Crippen LogP contribution in [0.3, 0.4) is 0 Å². The molecule has 0 radical (unpaired) electrons. The monoisotopic (exact) mass is 339 g/mol. The minimum absolute atomic E-state index is 0.0186. The number of carbonyl (C=O) groups excluding carboxylic acids is 1. The molecule has 124 valence electrons. The zero-order chi connectivity index (χ0) is 16.5. The van der Waals surface area contributed by atoms with Crippen LogP contribution in [0.5, 0.6) is 5.75 Å². The van der Waals surface area contributed by atoms with Crippen LogP contribution in [0.1, 0.15) is 25.7 Å². The van der Waals surface area contributed by atoms with Crippen LogP contribution in [0, 0.1) is 23.5 Å².